The van der Waals surface area contributed by atoms with Gasteiger partial charge in [0.1, 0.15) is 5.82 Å². The van der Waals surface area contributed by atoms with Crippen LogP contribution in [-0.2, 0) is 11.2 Å². The summed E-state index contributed by atoms with van der Waals surface area (Å²) in [6.07, 6.45) is 0.675. The molecule has 0 aliphatic carbocycles. The van der Waals surface area contributed by atoms with Crippen LogP contribution in [0.2, 0.25) is 0 Å². The Morgan fingerprint density at radius 2 is 2.12 bits per heavy atom. The van der Waals surface area contributed by atoms with Gasteiger partial charge in [-0.2, -0.15) is 0 Å². The largest absolute Gasteiger partial charge is 0.352 e. The number of hydrogen-bond donors (Lipinski definition) is 3. The van der Waals surface area contributed by atoms with Crippen molar-refractivity contribution in [2.24, 2.45) is 0 Å². The fourth-order valence-corrected chi connectivity index (χ4v) is 1.17. The Morgan fingerprint density at radius 3 is 2.65 bits per heavy atom. The zero-order valence-corrected chi connectivity index (χ0v) is 10.2. The van der Waals surface area contributed by atoms with E-state index in [0.717, 1.165) is 0 Å². The molecule has 17 heavy (non-hydrogen) atoms. The number of nitrogens with zero attached hydrogens (tertiary/aromatic N) is 2. The molecular formula is C10H17N5O2. The van der Waals surface area contributed by atoms with Gasteiger partial charge in [-0.15, -0.1) is 5.10 Å². The summed E-state index contributed by atoms with van der Waals surface area (Å²) in [5.41, 5.74) is 0. The molecule has 0 unspecified atom stereocenters. The van der Waals surface area contributed by atoms with Gasteiger partial charge in [-0.25, -0.2) is 4.98 Å². The van der Waals surface area contributed by atoms with Crippen LogP contribution in [0.5, 0.6) is 0 Å². The third kappa shape index (κ3) is 4.21. The number of amides is 2. The number of aromatic nitrogens is 3. The second-order valence-corrected chi connectivity index (χ2v) is 3.86. The molecule has 0 aliphatic heterocycles. The van der Waals surface area contributed by atoms with Crippen LogP contribution in [0.25, 0.3) is 0 Å². The average molecular weight is 239 g/mol. The van der Waals surface area contributed by atoms with Crippen LogP contribution in [0.15, 0.2) is 0 Å². The molecule has 0 spiro atoms. The Balaban J connectivity index is 2.42. The summed E-state index contributed by atoms with van der Waals surface area (Å²) in [4.78, 5) is 26.8. The van der Waals surface area contributed by atoms with E-state index in [0.29, 0.717) is 12.2 Å². The van der Waals surface area contributed by atoms with Crippen molar-refractivity contribution in [2.75, 3.05) is 6.54 Å². The monoisotopic (exact) mass is 239 g/mol. The Labute approximate surface area is 99.4 Å². The number of nitrogens with one attached hydrogen (secondary N) is 3. The standard InChI is InChI=1S/C10H17N5O2/c1-4-7-13-9(15-14-7)10(17)11-5-8(16)12-6(2)3/h6H,4-5H2,1-3H3,(H,11,17)(H,12,16)(H,13,14,15). The lowest BCUT2D eigenvalue weighted by atomic mass is 10.4. The minimum atomic E-state index is -0.458. The molecule has 1 heterocycles. The molecule has 1 aromatic rings. The van der Waals surface area contributed by atoms with Gasteiger partial charge in [0.25, 0.3) is 5.91 Å². The third-order valence-corrected chi connectivity index (χ3v) is 1.93. The topological polar surface area (TPSA) is 99.8 Å². The number of hydrogen-bond acceptors (Lipinski definition) is 4. The van der Waals surface area contributed by atoms with Crippen molar-refractivity contribution in [3.63, 3.8) is 0 Å². The Kier molecular flexibility index (Phi) is 4.62. The van der Waals surface area contributed by atoms with Gasteiger partial charge in [0, 0.05) is 12.5 Å². The SMILES string of the molecule is CCc1nc(C(=O)NCC(=O)NC(C)C)n[nH]1. The molecule has 0 saturated heterocycles. The van der Waals surface area contributed by atoms with E-state index in [9.17, 15) is 9.59 Å². The molecule has 0 aliphatic rings. The van der Waals surface area contributed by atoms with Crippen molar-refractivity contribution in [3.05, 3.63) is 11.6 Å². The molecule has 0 aromatic carbocycles. The smallest absolute Gasteiger partial charge is 0.291 e. The van der Waals surface area contributed by atoms with E-state index in [1.54, 1.807) is 0 Å². The van der Waals surface area contributed by atoms with Crippen LogP contribution in [0.1, 0.15) is 37.2 Å². The number of rotatable bonds is 5. The quantitative estimate of drug-likeness (QED) is 0.652. The molecule has 7 heteroatoms. The molecule has 1 rings (SSSR count). The number of aryl methyl sites for hydroxylation is 1. The van der Waals surface area contributed by atoms with E-state index in [-0.39, 0.29) is 24.3 Å². The lowest BCUT2D eigenvalue weighted by Gasteiger charge is -2.08. The molecule has 94 valence electrons. The predicted molar refractivity (Wildman–Crippen MR) is 61.4 cm³/mol. The van der Waals surface area contributed by atoms with Gasteiger partial charge in [-0.05, 0) is 13.8 Å². The molecule has 0 radical (unpaired) electrons. The third-order valence-electron chi connectivity index (χ3n) is 1.93. The summed E-state index contributed by atoms with van der Waals surface area (Å²) in [6, 6.07) is 0.0506. The summed E-state index contributed by atoms with van der Waals surface area (Å²) in [6.45, 7) is 5.52. The van der Waals surface area contributed by atoms with Gasteiger partial charge < -0.3 is 10.6 Å². The fraction of sp³-hybridized carbons (Fsp3) is 0.600. The minimum absolute atomic E-state index is 0.0506. The van der Waals surface area contributed by atoms with E-state index in [4.69, 9.17) is 0 Å². The van der Waals surface area contributed by atoms with Crippen LogP contribution in [-0.4, -0.2) is 39.6 Å². The van der Waals surface area contributed by atoms with Gasteiger partial charge >= 0.3 is 0 Å². The van der Waals surface area contributed by atoms with Crippen molar-refractivity contribution in [2.45, 2.75) is 33.2 Å². The van der Waals surface area contributed by atoms with Crippen LogP contribution < -0.4 is 10.6 Å². The fourth-order valence-electron chi connectivity index (χ4n) is 1.17. The maximum absolute atomic E-state index is 11.5. The van der Waals surface area contributed by atoms with Gasteiger partial charge in [-0.3, -0.25) is 14.7 Å². The Bertz CT molecular complexity index is 399. The Hall–Kier alpha value is -1.92. The molecule has 0 fully saturated rings. The zero-order chi connectivity index (χ0) is 12.8. The van der Waals surface area contributed by atoms with Crippen molar-refractivity contribution in [1.29, 1.82) is 0 Å². The summed E-state index contributed by atoms with van der Waals surface area (Å²) in [7, 11) is 0. The molecule has 7 nitrogen and oxygen atoms in total. The lowest BCUT2D eigenvalue weighted by Crippen LogP contribution is -2.40. The van der Waals surface area contributed by atoms with Crippen LogP contribution in [0.4, 0.5) is 0 Å². The van der Waals surface area contributed by atoms with E-state index in [1.165, 1.54) is 0 Å². The van der Waals surface area contributed by atoms with Gasteiger partial charge in [-0.1, -0.05) is 6.92 Å². The maximum Gasteiger partial charge on any atom is 0.291 e. The van der Waals surface area contributed by atoms with Crippen LogP contribution in [0.3, 0.4) is 0 Å². The number of aromatic amines is 1. The van der Waals surface area contributed by atoms with E-state index >= 15 is 0 Å². The van der Waals surface area contributed by atoms with Crippen LogP contribution in [0, 0.1) is 0 Å². The molecule has 0 saturated carbocycles. The molecule has 0 atom stereocenters. The maximum atomic E-state index is 11.5. The highest BCUT2D eigenvalue weighted by atomic mass is 16.2. The summed E-state index contributed by atoms with van der Waals surface area (Å²) in [5.74, 6) is 0.000403. The minimum Gasteiger partial charge on any atom is -0.352 e. The molecule has 0 bridgehead atoms. The first kappa shape index (κ1) is 13.1. The molecule has 2 amide bonds. The average Bonchev–Trinajstić information content (AvgIpc) is 2.73. The highest BCUT2D eigenvalue weighted by Crippen LogP contribution is 1.92. The van der Waals surface area contributed by atoms with Crippen LogP contribution >= 0.6 is 0 Å². The molecule has 3 N–H and O–H groups in total. The van der Waals surface area contributed by atoms with E-state index < -0.39 is 5.91 Å². The van der Waals surface area contributed by atoms with Crippen molar-refractivity contribution < 1.29 is 9.59 Å². The predicted octanol–water partition coefficient (Wildman–Crippen LogP) is -0.378. The summed E-state index contributed by atoms with van der Waals surface area (Å²) < 4.78 is 0. The first-order chi connectivity index (χ1) is 8.02. The summed E-state index contributed by atoms with van der Waals surface area (Å²) >= 11 is 0. The van der Waals surface area contributed by atoms with Crippen molar-refractivity contribution in [3.8, 4) is 0 Å². The lowest BCUT2D eigenvalue weighted by molar-refractivity contribution is -0.120. The van der Waals surface area contributed by atoms with Gasteiger partial charge in [0.05, 0.1) is 6.54 Å². The number of H-pyrrole nitrogens is 1. The highest BCUT2D eigenvalue weighted by Gasteiger charge is 2.13. The first-order valence-electron chi connectivity index (χ1n) is 5.51. The number of carbonyl (C=O) groups is 2. The summed E-state index contributed by atoms with van der Waals surface area (Å²) in [5, 5.41) is 11.5. The highest BCUT2D eigenvalue weighted by molar-refractivity contribution is 5.93. The van der Waals surface area contributed by atoms with Gasteiger partial charge in [0.2, 0.25) is 11.7 Å². The second kappa shape index (κ2) is 5.97. The van der Waals surface area contributed by atoms with Crippen molar-refractivity contribution >= 4 is 11.8 Å². The molecular weight excluding hydrogens is 222 g/mol. The number of carbonyl (C=O) groups excluding carboxylic acids is 2. The Morgan fingerprint density at radius 1 is 1.41 bits per heavy atom. The first-order valence-corrected chi connectivity index (χ1v) is 5.51. The van der Waals surface area contributed by atoms with Gasteiger partial charge in [0.15, 0.2) is 0 Å². The zero-order valence-electron chi connectivity index (χ0n) is 10.2. The van der Waals surface area contributed by atoms with E-state index in [2.05, 4.69) is 25.8 Å². The molecule has 1 aromatic heterocycles. The van der Waals surface area contributed by atoms with Crippen molar-refractivity contribution in [1.82, 2.24) is 25.8 Å². The second-order valence-electron chi connectivity index (χ2n) is 3.86. The van der Waals surface area contributed by atoms with E-state index in [1.807, 2.05) is 20.8 Å². The normalized spacial score (nSPS) is 10.4.